The van der Waals surface area contributed by atoms with Gasteiger partial charge < -0.3 is 25.0 Å². The van der Waals surface area contributed by atoms with Crippen molar-refractivity contribution in [1.82, 2.24) is 15.2 Å². The Morgan fingerprint density at radius 2 is 2.17 bits per heavy atom. The summed E-state index contributed by atoms with van der Waals surface area (Å²) in [4.78, 5) is 41.9. The molecule has 0 bridgehead atoms. The van der Waals surface area contributed by atoms with Crippen molar-refractivity contribution in [2.45, 2.75) is 25.8 Å². The molecule has 2 aromatic rings. The van der Waals surface area contributed by atoms with Gasteiger partial charge in [-0.05, 0) is 18.1 Å². The molecule has 0 saturated carbocycles. The number of carbonyl (C=O) groups is 3. The van der Waals surface area contributed by atoms with E-state index in [-0.39, 0.29) is 24.3 Å². The van der Waals surface area contributed by atoms with Crippen LogP contribution in [0.3, 0.4) is 0 Å². The van der Waals surface area contributed by atoms with Crippen molar-refractivity contribution in [2.75, 3.05) is 26.3 Å². The average molecular weight is 399 g/mol. The molecular formula is C21H25N3O5. The van der Waals surface area contributed by atoms with E-state index in [0.29, 0.717) is 32.6 Å². The first-order valence-electron chi connectivity index (χ1n) is 9.83. The molecule has 3 N–H and O–H groups in total. The number of para-hydroxylation sites is 1. The van der Waals surface area contributed by atoms with E-state index in [2.05, 4.69) is 10.3 Å². The van der Waals surface area contributed by atoms with Crippen LogP contribution in [-0.4, -0.2) is 65.1 Å². The number of hydrogen-bond donors (Lipinski definition) is 3. The Bertz CT molecular complexity index is 955. The number of likely N-dealkylation sites (tertiary alicyclic amines) is 1. The van der Waals surface area contributed by atoms with Crippen LogP contribution < -0.4 is 5.32 Å². The highest BCUT2D eigenvalue weighted by Crippen LogP contribution is 2.42. The van der Waals surface area contributed by atoms with Crippen LogP contribution in [0.15, 0.2) is 30.5 Å². The van der Waals surface area contributed by atoms with Crippen molar-refractivity contribution in [1.29, 1.82) is 0 Å². The van der Waals surface area contributed by atoms with Crippen molar-refractivity contribution in [3.63, 3.8) is 0 Å². The van der Waals surface area contributed by atoms with Gasteiger partial charge in [-0.2, -0.15) is 0 Å². The monoisotopic (exact) mass is 399 g/mol. The number of aromatic amines is 1. The summed E-state index contributed by atoms with van der Waals surface area (Å²) in [6, 6.07) is 7.03. The lowest BCUT2D eigenvalue weighted by atomic mass is 9.74. The number of carbonyl (C=O) groups excluding carboxylic acids is 2. The highest BCUT2D eigenvalue weighted by molar-refractivity contribution is 5.90. The lowest BCUT2D eigenvalue weighted by molar-refractivity contribution is -0.157. The molecule has 0 aliphatic carbocycles. The summed E-state index contributed by atoms with van der Waals surface area (Å²) in [5, 5.41) is 13.6. The van der Waals surface area contributed by atoms with Gasteiger partial charge in [0.1, 0.15) is 6.04 Å². The lowest BCUT2D eigenvalue weighted by Gasteiger charge is -2.34. The topological polar surface area (TPSA) is 112 Å². The first kappa shape index (κ1) is 19.4. The molecule has 2 saturated heterocycles. The third-order valence-electron chi connectivity index (χ3n) is 6.22. The number of nitrogens with zero attached hydrogens (tertiary/aromatic N) is 1. The maximum absolute atomic E-state index is 13.3. The fourth-order valence-corrected chi connectivity index (χ4v) is 4.65. The molecule has 8 nitrogen and oxygen atoms in total. The summed E-state index contributed by atoms with van der Waals surface area (Å²) in [6.07, 6.45) is 2.58. The summed E-state index contributed by atoms with van der Waals surface area (Å²) in [7, 11) is 0. The summed E-state index contributed by atoms with van der Waals surface area (Å²) < 4.78 is 5.47. The second-order valence-electron chi connectivity index (χ2n) is 8.02. The Balaban J connectivity index is 1.58. The van der Waals surface area contributed by atoms with E-state index in [4.69, 9.17) is 4.74 Å². The van der Waals surface area contributed by atoms with Gasteiger partial charge in [0.05, 0.1) is 12.0 Å². The predicted molar refractivity (Wildman–Crippen MR) is 105 cm³/mol. The van der Waals surface area contributed by atoms with E-state index in [0.717, 1.165) is 16.5 Å². The number of carboxylic acids is 1. The molecule has 1 aromatic carbocycles. The molecule has 1 unspecified atom stereocenters. The van der Waals surface area contributed by atoms with Crippen molar-refractivity contribution >= 4 is 28.7 Å². The van der Waals surface area contributed by atoms with Crippen LogP contribution in [-0.2, 0) is 25.5 Å². The zero-order valence-corrected chi connectivity index (χ0v) is 16.3. The minimum atomic E-state index is -0.963. The van der Waals surface area contributed by atoms with Crippen LogP contribution in [0.1, 0.15) is 18.9 Å². The van der Waals surface area contributed by atoms with Gasteiger partial charge in [0, 0.05) is 56.1 Å². The van der Waals surface area contributed by atoms with E-state index in [1.165, 1.54) is 6.92 Å². The highest BCUT2D eigenvalue weighted by Gasteiger charge is 2.55. The van der Waals surface area contributed by atoms with Crippen molar-refractivity contribution in [3.05, 3.63) is 36.0 Å². The molecule has 0 radical (unpaired) electrons. The number of fused-ring (bicyclic) bond motifs is 2. The Labute approximate surface area is 168 Å². The van der Waals surface area contributed by atoms with Gasteiger partial charge in [0.2, 0.25) is 11.8 Å². The molecule has 29 heavy (non-hydrogen) atoms. The third kappa shape index (κ3) is 3.48. The van der Waals surface area contributed by atoms with Gasteiger partial charge in [-0.1, -0.05) is 18.2 Å². The second-order valence-corrected chi connectivity index (χ2v) is 8.02. The van der Waals surface area contributed by atoms with Crippen LogP contribution in [0.5, 0.6) is 0 Å². The van der Waals surface area contributed by atoms with Crippen molar-refractivity contribution < 1.29 is 24.2 Å². The molecule has 2 aliphatic heterocycles. The SMILES string of the molecule is CC(=O)NC(Cc1c[nH]c2ccccc12)C(=O)N1C[C@H]2COCC[C@@]2(C(=O)O)C1. The van der Waals surface area contributed by atoms with Gasteiger partial charge in [-0.25, -0.2) is 0 Å². The average Bonchev–Trinajstić information content (AvgIpc) is 3.29. The molecule has 154 valence electrons. The number of rotatable bonds is 5. The Kier molecular flexibility index (Phi) is 5.04. The number of aromatic nitrogens is 1. The van der Waals surface area contributed by atoms with Crippen LogP contribution in [0, 0.1) is 11.3 Å². The maximum Gasteiger partial charge on any atom is 0.311 e. The van der Waals surface area contributed by atoms with Gasteiger partial charge >= 0.3 is 5.97 Å². The summed E-state index contributed by atoms with van der Waals surface area (Å²) in [5.41, 5.74) is 0.932. The number of benzene rings is 1. The molecule has 3 atom stereocenters. The molecule has 8 heteroatoms. The van der Waals surface area contributed by atoms with E-state index in [9.17, 15) is 19.5 Å². The number of carboxylic acid groups (broad SMARTS) is 1. The number of aliphatic carboxylic acids is 1. The van der Waals surface area contributed by atoms with Crippen LogP contribution >= 0.6 is 0 Å². The predicted octanol–water partition coefficient (Wildman–Crippen LogP) is 1.16. The third-order valence-corrected chi connectivity index (χ3v) is 6.22. The number of amides is 2. The normalized spacial score (nSPS) is 24.9. The number of nitrogens with one attached hydrogen (secondary N) is 2. The van der Waals surface area contributed by atoms with Crippen LogP contribution in [0.4, 0.5) is 0 Å². The quantitative estimate of drug-likeness (QED) is 0.699. The van der Waals surface area contributed by atoms with Gasteiger partial charge in [0.25, 0.3) is 0 Å². The molecular weight excluding hydrogens is 374 g/mol. The van der Waals surface area contributed by atoms with Crippen molar-refractivity contribution in [3.8, 4) is 0 Å². The Morgan fingerprint density at radius 1 is 1.38 bits per heavy atom. The molecule has 2 fully saturated rings. The first-order valence-corrected chi connectivity index (χ1v) is 9.83. The zero-order valence-electron chi connectivity index (χ0n) is 16.3. The van der Waals surface area contributed by atoms with E-state index >= 15 is 0 Å². The Morgan fingerprint density at radius 3 is 2.90 bits per heavy atom. The smallest absolute Gasteiger partial charge is 0.311 e. The maximum atomic E-state index is 13.3. The molecule has 1 aromatic heterocycles. The summed E-state index contributed by atoms with van der Waals surface area (Å²) in [5.74, 6) is -1.66. The minimum Gasteiger partial charge on any atom is -0.481 e. The zero-order chi connectivity index (χ0) is 20.6. The minimum absolute atomic E-state index is 0.152. The van der Waals surface area contributed by atoms with Crippen LogP contribution in [0.25, 0.3) is 10.9 Å². The van der Waals surface area contributed by atoms with Gasteiger partial charge in [-0.3, -0.25) is 14.4 Å². The van der Waals surface area contributed by atoms with E-state index in [1.54, 1.807) is 4.90 Å². The van der Waals surface area contributed by atoms with E-state index in [1.807, 2.05) is 30.5 Å². The summed E-state index contributed by atoms with van der Waals surface area (Å²) in [6.45, 7) is 2.58. The summed E-state index contributed by atoms with van der Waals surface area (Å²) >= 11 is 0. The van der Waals surface area contributed by atoms with Crippen LogP contribution in [0.2, 0.25) is 0 Å². The fraction of sp³-hybridized carbons (Fsp3) is 0.476. The standard InChI is InChI=1S/C21H25N3O5/c1-13(25)23-18(8-14-9-22-17-5-3-2-4-16(14)17)19(26)24-10-15-11-29-7-6-21(15,12-24)20(27)28/h2-5,9,15,18,22H,6-8,10-12H2,1H3,(H,23,25)(H,27,28)/t15-,18?,21+/m0/s1. The van der Waals surface area contributed by atoms with Gasteiger partial charge in [0.15, 0.2) is 0 Å². The first-order chi connectivity index (χ1) is 13.9. The number of H-pyrrole nitrogens is 1. The highest BCUT2D eigenvalue weighted by atomic mass is 16.5. The second kappa shape index (κ2) is 7.51. The molecule has 2 amide bonds. The fourth-order valence-electron chi connectivity index (χ4n) is 4.65. The molecule has 2 aliphatic rings. The van der Waals surface area contributed by atoms with Crippen molar-refractivity contribution in [2.24, 2.45) is 11.3 Å². The number of ether oxygens (including phenoxy) is 1. The lowest BCUT2D eigenvalue weighted by Crippen LogP contribution is -2.49. The number of hydrogen-bond acceptors (Lipinski definition) is 4. The molecule has 4 rings (SSSR count). The molecule has 3 heterocycles. The molecule has 0 spiro atoms. The van der Waals surface area contributed by atoms with Gasteiger partial charge in [-0.15, -0.1) is 0 Å². The Hall–Kier alpha value is -2.87. The largest absolute Gasteiger partial charge is 0.481 e. The van der Waals surface area contributed by atoms with E-state index < -0.39 is 17.4 Å².